The van der Waals surface area contributed by atoms with Gasteiger partial charge in [0, 0.05) is 17.7 Å². The molecule has 0 amide bonds. The van der Waals surface area contributed by atoms with Crippen LogP contribution < -0.4 is 10.9 Å². The summed E-state index contributed by atoms with van der Waals surface area (Å²) in [6.45, 7) is 6.70. The fraction of sp³-hybridized carbons (Fsp3) is 0.182. The fourth-order valence-electron chi connectivity index (χ4n) is 1.50. The smallest absolute Gasteiger partial charge is 0.147 e. The van der Waals surface area contributed by atoms with Gasteiger partial charge in [-0.05, 0) is 6.92 Å². The zero-order valence-corrected chi connectivity index (χ0v) is 8.17. The minimum atomic E-state index is 0.769. The number of nitrogens with one attached hydrogen (secondary N) is 2. The molecule has 3 heteroatoms. The predicted molar refractivity (Wildman–Crippen MR) is 58.8 cm³/mol. The molecule has 1 aromatic rings. The Kier molecular flexibility index (Phi) is 2.23. The maximum atomic E-state index is 4.36. The van der Waals surface area contributed by atoms with Crippen molar-refractivity contribution in [2.24, 2.45) is 4.99 Å². The molecule has 1 aliphatic heterocycles. The number of nitrogens with zero attached hydrogens (tertiary/aromatic N) is 1. The quantitative estimate of drug-likeness (QED) is 0.699. The summed E-state index contributed by atoms with van der Waals surface area (Å²) < 4.78 is 0. The van der Waals surface area contributed by atoms with E-state index in [9.17, 15) is 0 Å². The molecule has 0 fully saturated rings. The van der Waals surface area contributed by atoms with Crippen molar-refractivity contribution in [2.75, 3.05) is 6.54 Å². The molecular formula is C11H13N3. The van der Waals surface area contributed by atoms with Gasteiger partial charge in [-0.25, -0.2) is 0 Å². The monoisotopic (exact) mass is 187 g/mol. The molecule has 0 spiro atoms. The molecule has 14 heavy (non-hydrogen) atoms. The van der Waals surface area contributed by atoms with Gasteiger partial charge in [-0.1, -0.05) is 30.8 Å². The lowest BCUT2D eigenvalue weighted by atomic mass is 10.0. The van der Waals surface area contributed by atoms with Gasteiger partial charge in [0.05, 0.1) is 5.70 Å². The number of aliphatic imine (C=N–C) groups is 1. The Morgan fingerprint density at radius 1 is 1.21 bits per heavy atom. The molecule has 0 saturated carbocycles. The average molecular weight is 187 g/mol. The Bertz CT molecular complexity index is 393. The maximum absolute atomic E-state index is 4.36. The van der Waals surface area contributed by atoms with Crippen LogP contribution in [0.3, 0.4) is 0 Å². The van der Waals surface area contributed by atoms with E-state index < -0.39 is 0 Å². The summed E-state index contributed by atoms with van der Waals surface area (Å²) in [5, 5.41) is 0. The van der Waals surface area contributed by atoms with Crippen molar-refractivity contribution >= 4 is 11.5 Å². The van der Waals surface area contributed by atoms with Crippen LogP contribution in [0.15, 0.2) is 35.8 Å². The van der Waals surface area contributed by atoms with Crippen LogP contribution in [0, 0.1) is 0 Å². The third-order valence-electron chi connectivity index (χ3n) is 2.16. The van der Waals surface area contributed by atoms with Crippen LogP contribution in [-0.2, 0) is 0 Å². The van der Waals surface area contributed by atoms with Crippen LogP contribution in [0.1, 0.15) is 18.1 Å². The summed E-state index contributed by atoms with van der Waals surface area (Å²) in [5.74, 6) is 0.885. The summed E-state index contributed by atoms with van der Waals surface area (Å²) in [4.78, 5) is 4.36. The van der Waals surface area contributed by atoms with Crippen LogP contribution in [0.5, 0.6) is 0 Å². The Hall–Kier alpha value is -1.77. The van der Waals surface area contributed by atoms with Crippen molar-refractivity contribution in [2.45, 2.75) is 6.92 Å². The second-order valence-corrected chi connectivity index (χ2v) is 3.10. The number of rotatable bonds is 1. The summed E-state index contributed by atoms with van der Waals surface area (Å²) in [6.07, 6.45) is 0. The first-order valence-corrected chi connectivity index (χ1v) is 4.68. The third-order valence-corrected chi connectivity index (χ3v) is 2.16. The van der Waals surface area contributed by atoms with Gasteiger partial charge in [-0.15, -0.1) is 0 Å². The second kappa shape index (κ2) is 3.54. The van der Waals surface area contributed by atoms with Gasteiger partial charge in [0.25, 0.3) is 0 Å². The SMILES string of the molecule is C=C1NNC(=NCC)c2ccccc21. The molecule has 0 saturated heterocycles. The number of fused-ring (bicyclic) bond motifs is 1. The zero-order chi connectivity index (χ0) is 9.97. The molecule has 1 aromatic carbocycles. The van der Waals surface area contributed by atoms with Gasteiger partial charge < -0.3 is 0 Å². The number of benzene rings is 1. The Morgan fingerprint density at radius 2 is 1.93 bits per heavy atom. The number of hydrogen-bond acceptors (Lipinski definition) is 2. The summed E-state index contributed by atoms with van der Waals surface area (Å²) in [7, 11) is 0. The van der Waals surface area contributed by atoms with Crippen LogP contribution >= 0.6 is 0 Å². The van der Waals surface area contributed by atoms with E-state index in [1.165, 1.54) is 0 Å². The van der Waals surface area contributed by atoms with Crippen LogP contribution in [0.2, 0.25) is 0 Å². The van der Waals surface area contributed by atoms with Crippen molar-refractivity contribution in [3.63, 3.8) is 0 Å². The largest absolute Gasteiger partial charge is 0.300 e. The predicted octanol–water partition coefficient (Wildman–Crippen LogP) is 1.53. The Balaban J connectivity index is 2.52. The molecule has 1 aliphatic rings. The Morgan fingerprint density at radius 3 is 2.64 bits per heavy atom. The van der Waals surface area contributed by atoms with E-state index in [4.69, 9.17) is 0 Å². The molecule has 2 rings (SSSR count). The molecule has 2 N–H and O–H groups in total. The first-order valence-electron chi connectivity index (χ1n) is 4.68. The lowest BCUT2D eigenvalue weighted by Gasteiger charge is -2.23. The summed E-state index contributed by atoms with van der Waals surface area (Å²) >= 11 is 0. The second-order valence-electron chi connectivity index (χ2n) is 3.10. The molecule has 3 nitrogen and oxygen atoms in total. The highest BCUT2D eigenvalue weighted by Crippen LogP contribution is 2.18. The molecule has 0 atom stereocenters. The summed E-state index contributed by atoms with van der Waals surface area (Å²) in [5.41, 5.74) is 9.13. The van der Waals surface area contributed by atoms with Crippen LogP contribution in [0.4, 0.5) is 0 Å². The van der Waals surface area contributed by atoms with E-state index in [0.717, 1.165) is 29.2 Å². The summed E-state index contributed by atoms with van der Waals surface area (Å²) in [6, 6.07) is 8.09. The molecule has 0 bridgehead atoms. The topological polar surface area (TPSA) is 36.4 Å². The highest BCUT2D eigenvalue weighted by molar-refractivity contribution is 6.04. The first-order chi connectivity index (χ1) is 6.83. The fourth-order valence-corrected chi connectivity index (χ4v) is 1.50. The van der Waals surface area contributed by atoms with E-state index in [0.29, 0.717) is 0 Å². The molecule has 0 radical (unpaired) electrons. The van der Waals surface area contributed by atoms with Crippen LogP contribution in [-0.4, -0.2) is 12.4 Å². The number of hydrogen-bond donors (Lipinski definition) is 2. The third kappa shape index (κ3) is 1.37. The molecule has 0 aromatic heterocycles. The highest BCUT2D eigenvalue weighted by Gasteiger charge is 2.15. The van der Waals surface area contributed by atoms with Gasteiger partial charge in [-0.2, -0.15) is 0 Å². The van der Waals surface area contributed by atoms with E-state index in [2.05, 4.69) is 22.4 Å². The van der Waals surface area contributed by atoms with E-state index in [1.807, 2.05) is 31.2 Å². The van der Waals surface area contributed by atoms with Gasteiger partial charge >= 0.3 is 0 Å². The van der Waals surface area contributed by atoms with Crippen molar-refractivity contribution < 1.29 is 0 Å². The maximum Gasteiger partial charge on any atom is 0.147 e. The molecule has 1 heterocycles. The minimum absolute atomic E-state index is 0.769. The number of amidine groups is 1. The normalized spacial score (nSPS) is 17.2. The van der Waals surface area contributed by atoms with Gasteiger partial charge in [0.2, 0.25) is 0 Å². The average Bonchev–Trinajstić information content (AvgIpc) is 2.23. The van der Waals surface area contributed by atoms with Crippen molar-refractivity contribution in [3.8, 4) is 0 Å². The standard InChI is InChI=1S/C11H13N3/c1-3-12-11-10-7-5-4-6-9(10)8(2)13-14-11/h4-7,13H,2-3H2,1H3,(H,12,14). The van der Waals surface area contributed by atoms with Gasteiger partial charge in [0.1, 0.15) is 5.84 Å². The van der Waals surface area contributed by atoms with Crippen molar-refractivity contribution in [1.29, 1.82) is 0 Å². The molecular weight excluding hydrogens is 174 g/mol. The van der Waals surface area contributed by atoms with E-state index >= 15 is 0 Å². The lowest BCUT2D eigenvalue weighted by Crippen LogP contribution is -2.41. The zero-order valence-electron chi connectivity index (χ0n) is 8.17. The van der Waals surface area contributed by atoms with Gasteiger partial charge in [-0.3, -0.25) is 15.8 Å². The van der Waals surface area contributed by atoms with Crippen molar-refractivity contribution in [1.82, 2.24) is 10.9 Å². The molecule has 0 unspecified atom stereocenters. The highest BCUT2D eigenvalue weighted by atomic mass is 15.4. The van der Waals surface area contributed by atoms with Crippen LogP contribution in [0.25, 0.3) is 5.70 Å². The van der Waals surface area contributed by atoms with E-state index in [1.54, 1.807) is 0 Å². The van der Waals surface area contributed by atoms with Gasteiger partial charge in [0.15, 0.2) is 0 Å². The Labute approximate surface area is 83.5 Å². The first kappa shape index (κ1) is 8.81. The molecule has 72 valence electrons. The lowest BCUT2D eigenvalue weighted by molar-refractivity contribution is 0.818. The minimum Gasteiger partial charge on any atom is -0.300 e. The van der Waals surface area contributed by atoms with Crippen molar-refractivity contribution in [3.05, 3.63) is 42.0 Å². The molecule has 0 aliphatic carbocycles. The number of hydrazine groups is 1. The van der Waals surface area contributed by atoms with E-state index in [-0.39, 0.29) is 0 Å².